The third kappa shape index (κ3) is 8.05. The molecule has 17 heteroatoms. The first-order chi connectivity index (χ1) is 26.2. The summed E-state index contributed by atoms with van der Waals surface area (Å²) >= 11 is 6.55. The van der Waals surface area contributed by atoms with Crippen molar-refractivity contribution in [3.8, 4) is 11.3 Å². The Morgan fingerprint density at radius 2 is 1.80 bits per heavy atom. The molecule has 2 aromatic carbocycles. The van der Waals surface area contributed by atoms with Crippen LogP contribution in [0.3, 0.4) is 0 Å². The number of β-amino-alcohol motifs (C(OH)–C–C–N with tert-alkyl or cyclic N) is 1. The smallest absolute Gasteiger partial charge is 0.330 e. The lowest BCUT2D eigenvalue weighted by atomic mass is 10.0. The molecule has 0 aliphatic carbocycles. The van der Waals surface area contributed by atoms with Crippen LogP contribution in [0.2, 0.25) is 5.02 Å². The van der Waals surface area contributed by atoms with Crippen molar-refractivity contribution < 1.29 is 22.7 Å². The average Bonchev–Trinajstić information content (AvgIpc) is 3.63. The lowest BCUT2D eigenvalue weighted by molar-refractivity contribution is 0.0762. The molecule has 2 aliphatic rings. The van der Waals surface area contributed by atoms with Crippen LogP contribution in [0.15, 0.2) is 59.4 Å². The Balaban J connectivity index is 1.07. The number of sulfonamides is 1. The Labute approximate surface area is 323 Å². The number of aryl methyl sites for hydroxylation is 1. The van der Waals surface area contributed by atoms with E-state index in [4.69, 9.17) is 21.7 Å². The molecule has 3 aromatic heterocycles. The van der Waals surface area contributed by atoms with Gasteiger partial charge >= 0.3 is 5.69 Å². The Hall–Kier alpha value is -4.61. The number of benzene rings is 2. The molecule has 1 fully saturated rings. The highest BCUT2D eigenvalue weighted by molar-refractivity contribution is 7.88. The van der Waals surface area contributed by atoms with Crippen LogP contribution in [0.25, 0.3) is 22.4 Å². The van der Waals surface area contributed by atoms with E-state index in [0.717, 1.165) is 35.4 Å². The highest BCUT2D eigenvalue weighted by Gasteiger charge is 2.32. The Bertz CT molecular complexity index is 2400. The molecular weight excluding hydrogens is 749 g/mol. The van der Waals surface area contributed by atoms with Crippen LogP contribution < -0.4 is 15.9 Å². The minimum absolute atomic E-state index is 0.0199. The maximum atomic E-state index is 13.4. The van der Waals surface area contributed by atoms with Crippen molar-refractivity contribution >= 4 is 44.5 Å². The summed E-state index contributed by atoms with van der Waals surface area (Å²) in [6.45, 7) is 2.50. The summed E-state index contributed by atoms with van der Waals surface area (Å²) < 4.78 is 45.3. The van der Waals surface area contributed by atoms with Crippen molar-refractivity contribution in [1.29, 1.82) is 0 Å². The maximum absolute atomic E-state index is 13.4. The van der Waals surface area contributed by atoms with Gasteiger partial charge in [0.2, 0.25) is 10.0 Å². The maximum Gasteiger partial charge on any atom is 0.330 e. The van der Waals surface area contributed by atoms with E-state index < -0.39 is 21.9 Å². The van der Waals surface area contributed by atoms with E-state index >= 15 is 0 Å². The minimum Gasteiger partial charge on any atom is -0.390 e. The highest BCUT2D eigenvalue weighted by Crippen LogP contribution is 2.33. The number of nitrogens with zero attached hydrogens (tertiary/aromatic N) is 8. The summed E-state index contributed by atoms with van der Waals surface area (Å²) in [6.07, 6.45) is 2.29. The summed E-state index contributed by atoms with van der Waals surface area (Å²) in [7, 11) is 2.12. The number of hydrogen-bond donors (Lipinski definition) is 2. The number of nitrogens with one attached hydrogen (secondary N) is 1. The van der Waals surface area contributed by atoms with Gasteiger partial charge in [0.05, 0.1) is 30.1 Å². The molecule has 14 nitrogen and oxygen atoms in total. The van der Waals surface area contributed by atoms with E-state index in [1.807, 2.05) is 41.8 Å². The molecule has 2 N–H and O–H groups in total. The van der Waals surface area contributed by atoms with Gasteiger partial charge < -0.3 is 20.2 Å². The zero-order valence-corrected chi connectivity index (χ0v) is 32.8. The molecule has 292 valence electrons. The second kappa shape index (κ2) is 15.5. The third-order valence-corrected chi connectivity index (χ3v) is 12.2. The van der Waals surface area contributed by atoms with Gasteiger partial charge in [-0.15, -0.1) is 0 Å². The molecule has 55 heavy (non-hydrogen) atoms. The van der Waals surface area contributed by atoms with Gasteiger partial charge in [0, 0.05) is 100 Å². The second-order valence-electron chi connectivity index (χ2n) is 14.6. The molecule has 1 atom stereocenters. The van der Waals surface area contributed by atoms with E-state index in [1.165, 1.54) is 34.8 Å². The zero-order valence-electron chi connectivity index (χ0n) is 31.2. The van der Waals surface area contributed by atoms with Crippen molar-refractivity contribution in [2.24, 2.45) is 7.05 Å². The Morgan fingerprint density at radius 1 is 1.07 bits per heavy atom. The van der Waals surface area contributed by atoms with Gasteiger partial charge in [0.1, 0.15) is 11.6 Å². The Kier molecular flexibility index (Phi) is 10.9. The number of carbonyl (C=O) groups is 1. The van der Waals surface area contributed by atoms with E-state index in [9.17, 15) is 27.5 Å². The number of likely N-dealkylation sites (tertiary alicyclic amines) is 1. The number of aliphatic hydroxyl groups excluding tert-OH is 1. The third-order valence-electron chi connectivity index (χ3n) is 10.6. The number of anilines is 1. The number of aliphatic hydroxyl groups is 1. The fourth-order valence-corrected chi connectivity index (χ4v) is 8.56. The summed E-state index contributed by atoms with van der Waals surface area (Å²) in [5.41, 5.74) is 5.17. The van der Waals surface area contributed by atoms with E-state index in [0.29, 0.717) is 65.7 Å². The van der Waals surface area contributed by atoms with Gasteiger partial charge in [-0.05, 0) is 66.9 Å². The van der Waals surface area contributed by atoms with Gasteiger partial charge in [-0.3, -0.25) is 18.6 Å². The quantitative estimate of drug-likeness (QED) is 0.205. The zero-order chi connectivity index (χ0) is 39.2. The first-order valence-electron chi connectivity index (χ1n) is 18.2. The normalized spacial score (nSPS) is 16.3. The second-order valence-corrected chi connectivity index (χ2v) is 17.0. The topological polar surface area (TPSA) is 151 Å². The number of amides is 1. The van der Waals surface area contributed by atoms with Gasteiger partial charge in [-0.2, -0.15) is 9.40 Å². The largest absolute Gasteiger partial charge is 0.390 e. The number of halogens is 2. The number of piperidine rings is 1. The number of aromatic nitrogens is 5. The number of rotatable bonds is 11. The molecule has 2 aliphatic heterocycles. The average molecular weight is 794 g/mol. The highest BCUT2D eigenvalue weighted by atomic mass is 35.5. The molecule has 0 bridgehead atoms. The van der Waals surface area contributed by atoms with Crippen LogP contribution in [-0.2, 0) is 43.1 Å². The van der Waals surface area contributed by atoms with Crippen LogP contribution in [0.1, 0.15) is 46.1 Å². The van der Waals surface area contributed by atoms with Crippen molar-refractivity contribution in [3.05, 3.63) is 98.3 Å². The minimum atomic E-state index is -3.49. The predicted molar refractivity (Wildman–Crippen MR) is 209 cm³/mol. The monoisotopic (exact) mass is 793 g/mol. The summed E-state index contributed by atoms with van der Waals surface area (Å²) in [5.74, 6) is -0.0440. The molecule has 1 saturated heterocycles. The standard InChI is InChI=1S/C38H45ClFN9O5S/c1-44(2)34-12-11-33-36(42-34)49(38(52)45(33)3)28-13-16-46(17-14-28)21-29(50)22-48-32-15-18-47(55(4,53)54)23-30(32)35(43-48)25-7-10-31(39)26(19-25)20-41-37(51)24-5-8-27(40)9-6-24/h5-12,19,28-29,50H,13-18,20-23H2,1-4H3,(H,41,51). The van der Waals surface area contributed by atoms with Gasteiger partial charge in [-0.25, -0.2) is 22.6 Å². The van der Waals surface area contributed by atoms with Crippen molar-refractivity contribution in [3.63, 3.8) is 0 Å². The predicted octanol–water partition coefficient (Wildman–Crippen LogP) is 3.40. The molecule has 5 aromatic rings. The van der Waals surface area contributed by atoms with Crippen LogP contribution in [-0.4, -0.2) is 105 Å². The van der Waals surface area contributed by atoms with Gasteiger partial charge in [0.25, 0.3) is 5.91 Å². The van der Waals surface area contributed by atoms with Crippen molar-refractivity contribution in [2.75, 3.05) is 51.4 Å². The van der Waals surface area contributed by atoms with E-state index in [-0.39, 0.29) is 37.3 Å². The molecule has 1 amide bonds. The number of carbonyl (C=O) groups excluding carboxylic acids is 1. The molecule has 0 saturated carbocycles. The molecular formula is C38H45ClFN9O5S. The van der Waals surface area contributed by atoms with Crippen LogP contribution >= 0.6 is 11.6 Å². The van der Waals surface area contributed by atoms with Crippen LogP contribution in [0.5, 0.6) is 0 Å². The Morgan fingerprint density at radius 3 is 2.49 bits per heavy atom. The number of imidazole rings is 1. The lowest BCUT2D eigenvalue weighted by Crippen LogP contribution is -2.42. The fraction of sp³-hybridized carbons (Fsp3) is 0.421. The number of fused-ring (bicyclic) bond motifs is 2. The molecule has 1 unspecified atom stereocenters. The number of hydrogen-bond acceptors (Lipinski definition) is 9. The van der Waals surface area contributed by atoms with E-state index in [1.54, 1.807) is 28.4 Å². The van der Waals surface area contributed by atoms with E-state index in [2.05, 4.69) is 10.2 Å². The SMILES string of the molecule is CN(C)c1ccc2c(n1)n(C1CCN(CC(O)Cn3nc(-c4ccc(Cl)c(CNC(=O)c5ccc(F)cc5)c4)c4c3CCN(S(C)(=O)=O)C4)CC1)c(=O)n2C. The first kappa shape index (κ1) is 38.7. The molecule has 5 heterocycles. The first-order valence-corrected chi connectivity index (χ1v) is 20.4. The van der Waals surface area contributed by atoms with Crippen molar-refractivity contribution in [2.45, 2.75) is 51.0 Å². The summed E-state index contributed by atoms with van der Waals surface area (Å²) in [6, 6.07) is 14.4. The lowest BCUT2D eigenvalue weighted by Gasteiger charge is -2.33. The summed E-state index contributed by atoms with van der Waals surface area (Å²) in [5, 5.41) is 19.6. The van der Waals surface area contributed by atoms with Crippen LogP contribution in [0.4, 0.5) is 10.2 Å². The van der Waals surface area contributed by atoms with Gasteiger partial charge in [0.15, 0.2) is 5.65 Å². The fourth-order valence-electron chi connectivity index (χ4n) is 7.59. The van der Waals surface area contributed by atoms with Crippen LogP contribution in [0, 0.1) is 5.82 Å². The molecule has 0 radical (unpaired) electrons. The van der Waals surface area contributed by atoms with Crippen molar-refractivity contribution in [1.82, 2.24) is 38.4 Å². The summed E-state index contributed by atoms with van der Waals surface area (Å²) in [4.78, 5) is 35.0. The molecule has 0 spiro atoms. The number of pyridine rings is 1. The molecule has 7 rings (SSSR count). The van der Waals surface area contributed by atoms with Gasteiger partial charge in [-0.1, -0.05) is 17.7 Å².